The van der Waals surface area contributed by atoms with Crippen LogP contribution in [0.2, 0.25) is 0 Å². The van der Waals surface area contributed by atoms with Gasteiger partial charge in [0.2, 0.25) is 21.2 Å². The van der Waals surface area contributed by atoms with Crippen molar-refractivity contribution in [2.75, 3.05) is 12.4 Å². The summed E-state index contributed by atoms with van der Waals surface area (Å²) in [6.45, 7) is 3.74. The number of pyridine rings is 1. The summed E-state index contributed by atoms with van der Waals surface area (Å²) in [5.74, 6) is 0.159. The first kappa shape index (κ1) is 24.2. The van der Waals surface area contributed by atoms with Crippen LogP contribution in [0.4, 0.5) is 5.69 Å². The van der Waals surface area contributed by atoms with Crippen LogP contribution in [0.3, 0.4) is 0 Å². The average Bonchev–Trinajstić information content (AvgIpc) is 2.86. The Bertz CT molecular complexity index is 1550. The number of aromatic nitrogens is 1. The summed E-state index contributed by atoms with van der Waals surface area (Å²) in [5.41, 5.74) is 2.48. The quantitative estimate of drug-likeness (QED) is 0.416. The number of aryl methyl sites for hydroxylation is 2. The van der Waals surface area contributed by atoms with Crippen LogP contribution in [0.5, 0.6) is 5.75 Å². The van der Waals surface area contributed by atoms with Crippen molar-refractivity contribution in [3.8, 4) is 5.75 Å². The maximum Gasteiger partial charge on any atom is 0.244 e. The highest BCUT2D eigenvalue weighted by Gasteiger charge is 2.24. The van der Waals surface area contributed by atoms with Gasteiger partial charge in [-0.3, -0.25) is 9.59 Å². The molecule has 3 aromatic carbocycles. The molecule has 0 spiro atoms. The van der Waals surface area contributed by atoms with Gasteiger partial charge in [-0.15, -0.1) is 0 Å². The zero-order valence-corrected chi connectivity index (χ0v) is 20.6. The first-order chi connectivity index (χ1) is 16.7. The second kappa shape index (κ2) is 9.76. The van der Waals surface area contributed by atoms with Crippen molar-refractivity contribution in [2.24, 2.45) is 0 Å². The highest BCUT2D eigenvalue weighted by Crippen LogP contribution is 2.24. The Hall–Kier alpha value is -3.91. The van der Waals surface area contributed by atoms with E-state index in [1.54, 1.807) is 24.3 Å². The monoisotopic (exact) mass is 490 g/mol. The number of nitrogens with zero attached hydrogens (tertiary/aromatic N) is 1. The van der Waals surface area contributed by atoms with E-state index in [9.17, 15) is 18.0 Å². The molecule has 0 aliphatic carbocycles. The molecule has 4 aromatic rings. The van der Waals surface area contributed by atoms with E-state index in [0.717, 1.165) is 11.1 Å². The Morgan fingerprint density at radius 1 is 1.00 bits per heavy atom. The van der Waals surface area contributed by atoms with Crippen LogP contribution < -0.4 is 15.5 Å². The third-order valence-corrected chi connectivity index (χ3v) is 7.59. The van der Waals surface area contributed by atoms with E-state index in [2.05, 4.69) is 5.32 Å². The lowest BCUT2D eigenvalue weighted by molar-refractivity contribution is -0.116. The minimum absolute atomic E-state index is 0.0305. The lowest BCUT2D eigenvalue weighted by atomic mass is 10.1. The summed E-state index contributed by atoms with van der Waals surface area (Å²) in [7, 11) is -2.66. The third kappa shape index (κ3) is 4.97. The van der Waals surface area contributed by atoms with Gasteiger partial charge in [0, 0.05) is 17.3 Å². The Labute approximate surface area is 203 Å². The summed E-state index contributed by atoms with van der Waals surface area (Å²) in [4.78, 5) is 25.8. The van der Waals surface area contributed by atoms with E-state index < -0.39 is 15.3 Å². The number of anilines is 1. The zero-order valence-electron chi connectivity index (χ0n) is 19.7. The van der Waals surface area contributed by atoms with Crippen LogP contribution in [0.1, 0.15) is 18.1 Å². The second-order valence-electron chi connectivity index (χ2n) is 8.25. The number of hydrogen-bond acceptors (Lipinski definition) is 5. The van der Waals surface area contributed by atoms with E-state index in [1.807, 2.05) is 32.0 Å². The maximum atomic E-state index is 13.5. The van der Waals surface area contributed by atoms with E-state index in [1.165, 1.54) is 42.1 Å². The molecule has 0 saturated heterocycles. The van der Waals surface area contributed by atoms with Crippen LogP contribution in [0.15, 0.2) is 87.5 Å². The summed E-state index contributed by atoms with van der Waals surface area (Å²) in [5, 5.41) is 3.07. The van der Waals surface area contributed by atoms with Gasteiger partial charge in [0.25, 0.3) is 0 Å². The maximum absolute atomic E-state index is 13.5. The minimum Gasteiger partial charge on any atom is -0.497 e. The fourth-order valence-corrected chi connectivity index (χ4v) is 5.20. The van der Waals surface area contributed by atoms with Gasteiger partial charge < -0.3 is 14.6 Å². The van der Waals surface area contributed by atoms with Gasteiger partial charge in [-0.25, -0.2) is 8.42 Å². The standard InChI is InChI=1S/C27H26N2O5S/c1-4-19-7-14-24-23(15-19)27(31)25(35(32,33)22-12-10-21(34-3)11-13-22)16-29(24)17-26(30)28-20-8-5-18(2)6-9-20/h5-16H,4,17H2,1-3H3,(H,28,30). The predicted molar refractivity (Wildman–Crippen MR) is 136 cm³/mol. The number of nitrogens with one attached hydrogen (secondary N) is 1. The molecule has 0 saturated carbocycles. The molecule has 0 aliphatic rings. The number of carbonyl (C=O) groups excluding carboxylic acids is 1. The number of rotatable bonds is 7. The largest absolute Gasteiger partial charge is 0.497 e. The van der Waals surface area contributed by atoms with Gasteiger partial charge in [-0.2, -0.15) is 0 Å². The lowest BCUT2D eigenvalue weighted by Crippen LogP contribution is -2.24. The first-order valence-electron chi connectivity index (χ1n) is 11.1. The van der Waals surface area contributed by atoms with Crippen LogP contribution >= 0.6 is 0 Å². The van der Waals surface area contributed by atoms with E-state index in [4.69, 9.17) is 4.74 Å². The van der Waals surface area contributed by atoms with Crippen LogP contribution in [-0.2, 0) is 27.6 Å². The molecule has 4 rings (SSSR count). The highest BCUT2D eigenvalue weighted by atomic mass is 32.2. The van der Waals surface area contributed by atoms with Crippen molar-refractivity contribution in [1.82, 2.24) is 4.57 Å². The molecule has 0 bridgehead atoms. The molecule has 1 aromatic heterocycles. The lowest BCUT2D eigenvalue weighted by Gasteiger charge is -2.15. The first-order valence-corrected chi connectivity index (χ1v) is 12.6. The predicted octanol–water partition coefficient (Wildman–Crippen LogP) is 4.35. The van der Waals surface area contributed by atoms with Crippen molar-refractivity contribution >= 4 is 32.3 Å². The minimum atomic E-state index is -4.15. The van der Waals surface area contributed by atoms with Crippen LogP contribution in [0.25, 0.3) is 10.9 Å². The Kier molecular flexibility index (Phi) is 6.75. The Morgan fingerprint density at radius 3 is 2.31 bits per heavy atom. The molecule has 1 N–H and O–H groups in total. The molecule has 0 unspecified atom stereocenters. The zero-order chi connectivity index (χ0) is 25.2. The van der Waals surface area contributed by atoms with Crippen molar-refractivity contribution in [2.45, 2.75) is 36.6 Å². The van der Waals surface area contributed by atoms with Crippen molar-refractivity contribution in [3.05, 3.63) is 94.3 Å². The molecule has 1 heterocycles. The molecular formula is C27H26N2O5S. The Morgan fingerprint density at radius 2 is 1.69 bits per heavy atom. The highest BCUT2D eigenvalue weighted by molar-refractivity contribution is 7.91. The van der Waals surface area contributed by atoms with Crippen molar-refractivity contribution < 1.29 is 17.9 Å². The summed E-state index contributed by atoms with van der Waals surface area (Å²) >= 11 is 0. The third-order valence-electron chi connectivity index (χ3n) is 5.83. The number of hydrogen-bond donors (Lipinski definition) is 1. The van der Waals surface area contributed by atoms with Crippen molar-refractivity contribution in [3.63, 3.8) is 0 Å². The molecule has 1 amide bonds. The van der Waals surface area contributed by atoms with E-state index in [-0.39, 0.29) is 27.6 Å². The van der Waals surface area contributed by atoms with Gasteiger partial charge in [-0.1, -0.05) is 30.7 Å². The Balaban J connectivity index is 1.82. The van der Waals surface area contributed by atoms with Gasteiger partial charge >= 0.3 is 0 Å². The average molecular weight is 491 g/mol. The summed E-state index contributed by atoms with van der Waals surface area (Å²) in [6.07, 6.45) is 1.93. The molecule has 180 valence electrons. The van der Waals surface area contributed by atoms with Crippen LogP contribution in [-0.4, -0.2) is 26.0 Å². The SMILES string of the molecule is CCc1ccc2c(c1)c(=O)c(S(=O)(=O)c1ccc(OC)cc1)cn2CC(=O)Nc1ccc(C)cc1. The molecule has 8 heteroatoms. The van der Waals surface area contributed by atoms with Gasteiger partial charge in [0.1, 0.15) is 17.2 Å². The molecule has 0 fully saturated rings. The second-order valence-corrected chi connectivity index (χ2v) is 10.2. The number of carbonyl (C=O) groups is 1. The molecule has 0 aliphatic heterocycles. The van der Waals surface area contributed by atoms with Crippen molar-refractivity contribution in [1.29, 1.82) is 0 Å². The van der Waals surface area contributed by atoms with Gasteiger partial charge in [-0.05, 0) is 67.4 Å². The fourth-order valence-electron chi connectivity index (χ4n) is 3.83. The molecule has 35 heavy (non-hydrogen) atoms. The molecule has 0 radical (unpaired) electrons. The normalized spacial score (nSPS) is 11.4. The number of sulfone groups is 1. The number of amides is 1. The van der Waals surface area contributed by atoms with Gasteiger partial charge in [0.05, 0.1) is 17.5 Å². The topological polar surface area (TPSA) is 94.5 Å². The summed E-state index contributed by atoms with van der Waals surface area (Å²) in [6, 6.07) is 18.5. The molecular weight excluding hydrogens is 464 g/mol. The summed E-state index contributed by atoms with van der Waals surface area (Å²) < 4.78 is 33.5. The molecule has 7 nitrogen and oxygen atoms in total. The number of fused-ring (bicyclic) bond motifs is 1. The van der Waals surface area contributed by atoms with E-state index >= 15 is 0 Å². The van der Waals surface area contributed by atoms with Crippen LogP contribution in [0, 0.1) is 6.92 Å². The van der Waals surface area contributed by atoms with E-state index in [0.29, 0.717) is 23.4 Å². The smallest absolute Gasteiger partial charge is 0.244 e. The number of methoxy groups -OCH3 is 1. The molecule has 0 atom stereocenters. The number of ether oxygens (including phenoxy) is 1. The van der Waals surface area contributed by atoms with Gasteiger partial charge in [0.15, 0.2) is 0 Å². The fraction of sp³-hybridized carbons (Fsp3) is 0.185. The number of benzene rings is 3.